The van der Waals surface area contributed by atoms with Crippen LogP contribution in [-0.4, -0.2) is 25.0 Å². The monoisotopic (exact) mass is 244 g/mol. The first-order chi connectivity index (χ1) is 8.76. The smallest absolute Gasteiger partial charge is 0.335 e. The zero-order chi connectivity index (χ0) is 13.0. The lowest BCUT2D eigenvalue weighted by atomic mass is 10.0. The molecule has 0 aliphatic carbocycles. The third-order valence-electron chi connectivity index (χ3n) is 2.59. The van der Waals surface area contributed by atoms with Crippen LogP contribution in [0.4, 0.5) is 0 Å². The van der Waals surface area contributed by atoms with Gasteiger partial charge in [0, 0.05) is 0 Å². The van der Waals surface area contributed by atoms with Crippen molar-refractivity contribution in [2.75, 3.05) is 6.61 Å². The summed E-state index contributed by atoms with van der Waals surface area (Å²) in [5.41, 5.74) is 1.26. The van der Waals surface area contributed by atoms with E-state index in [-0.39, 0.29) is 0 Å². The number of hydrogen-bond acceptors (Lipinski definition) is 5. The van der Waals surface area contributed by atoms with Crippen molar-refractivity contribution in [3.05, 3.63) is 35.4 Å². The number of carbonyl (C=O) groups is 1. The fraction of sp³-hybridized carbons (Fsp3) is 0.308. The second-order valence-electron chi connectivity index (χ2n) is 3.75. The van der Waals surface area contributed by atoms with E-state index in [0.29, 0.717) is 12.2 Å². The zero-order valence-corrected chi connectivity index (χ0v) is 9.87. The molecule has 0 saturated carbocycles. The molecule has 1 aliphatic heterocycles. The number of aliphatic imine (C=N–C) groups is 1. The molecule has 0 radical (unpaired) electrons. The summed E-state index contributed by atoms with van der Waals surface area (Å²) in [5.74, 6) is -0.418. The fourth-order valence-corrected chi connectivity index (χ4v) is 1.78. The van der Waals surface area contributed by atoms with Crippen molar-refractivity contribution < 1.29 is 14.3 Å². The maximum atomic E-state index is 11.7. The highest BCUT2D eigenvalue weighted by molar-refractivity contribution is 5.80. The largest absolute Gasteiger partial charge is 0.473 e. The summed E-state index contributed by atoms with van der Waals surface area (Å²) in [6, 6.07) is 8.28. The Kier molecular flexibility index (Phi) is 3.58. The minimum atomic E-state index is -0.695. The first kappa shape index (κ1) is 12.1. The molecule has 0 bridgehead atoms. The van der Waals surface area contributed by atoms with Crippen LogP contribution in [0, 0.1) is 11.3 Å². The van der Waals surface area contributed by atoms with Crippen LogP contribution in [-0.2, 0) is 14.3 Å². The molecule has 0 spiro atoms. The van der Waals surface area contributed by atoms with Crippen molar-refractivity contribution in [1.82, 2.24) is 0 Å². The summed E-state index contributed by atoms with van der Waals surface area (Å²) >= 11 is 0. The number of ether oxygens (including phenoxy) is 2. The Hall–Kier alpha value is -2.35. The van der Waals surface area contributed by atoms with Crippen LogP contribution >= 0.6 is 0 Å². The third-order valence-corrected chi connectivity index (χ3v) is 2.59. The molecule has 1 aromatic rings. The van der Waals surface area contributed by atoms with E-state index in [1.807, 2.05) is 6.07 Å². The summed E-state index contributed by atoms with van der Waals surface area (Å²) in [7, 11) is 0. The van der Waals surface area contributed by atoms with Crippen LogP contribution in [0.3, 0.4) is 0 Å². The number of carbonyl (C=O) groups excluding carboxylic acids is 1. The van der Waals surface area contributed by atoms with Crippen LogP contribution in [0.25, 0.3) is 0 Å². The third kappa shape index (κ3) is 2.33. The average Bonchev–Trinajstić information content (AvgIpc) is 2.88. The predicted molar refractivity (Wildman–Crippen MR) is 63.9 cm³/mol. The maximum absolute atomic E-state index is 11.7. The van der Waals surface area contributed by atoms with Gasteiger partial charge in [-0.2, -0.15) is 5.26 Å². The van der Waals surface area contributed by atoms with Crippen molar-refractivity contribution in [2.24, 2.45) is 4.99 Å². The maximum Gasteiger partial charge on any atom is 0.335 e. The van der Waals surface area contributed by atoms with Crippen LogP contribution < -0.4 is 0 Å². The number of hydrogen-bond donors (Lipinski definition) is 0. The molecule has 2 rings (SSSR count). The van der Waals surface area contributed by atoms with E-state index in [4.69, 9.17) is 14.7 Å². The molecule has 5 nitrogen and oxygen atoms in total. The number of nitrogens with zero attached hydrogens (tertiary/aromatic N) is 2. The molecule has 5 heteroatoms. The van der Waals surface area contributed by atoms with E-state index >= 15 is 0 Å². The quantitative estimate of drug-likeness (QED) is 0.757. The number of nitriles is 1. The molecular formula is C13H12N2O3. The van der Waals surface area contributed by atoms with Gasteiger partial charge in [0.2, 0.25) is 0 Å². The summed E-state index contributed by atoms with van der Waals surface area (Å²) < 4.78 is 10.3. The van der Waals surface area contributed by atoms with E-state index in [2.05, 4.69) is 4.99 Å². The van der Waals surface area contributed by atoms with Crippen LogP contribution in [0.1, 0.15) is 24.2 Å². The SMILES string of the molecule is CCOC(=O)C1N=COC1c1cccc(C#N)c1. The van der Waals surface area contributed by atoms with Crippen LogP contribution in [0.5, 0.6) is 0 Å². The highest BCUT2D eigenvalue weighted by Crippen LogP contribution is 2.28. The first-order valence-corrected chi connectivity index (χ1v) is 5.60. The number of esters is 1. The fourth-order valence-electron chi connectivity index (χ4n) is 1.78. The minimum absolute atomic E-state index is 0.301. The molecule has 92 valence electrons. The Balaban J connectivity index is 2.22. The van der Waals surface area contributed by atoms with Gasteiger partial charge in [-0.15, -0.1) is 0 Å². The van der Waals surface area contributed by atoms with Gasteiger partial charge in [0.15, 0.2) is 18.5 Å². The molecule has 0 saturated heterocycles. The Bertz CT molecular complexity index is 519. The van der Waals surface area contributed by atoms with Gasteiger partial charge >= 0.3 is 5.97 Å². The highest BCUT2D eigenvalue weighted by Gasteiger charge is 2.35. The van der Waals surface area contributed by atoms with E-state index < -0.39 is 18.1 Å². The topological polar surface area (TPSA) is 71.7 Å². The van der Waals surface area contributed by atoms with Crippen LogP contribution in [0.2, 0.25) is 0 Å². The Labute approximate surface area is 105 Å². The van der Waals surface area contributed by atoms with Crippen molar-refractivity contribution >= 4 is 12.4 Å². The van der Waals surface area contributed by atoms with Crippen molar-refractivity contribution in [3.8, 4) is 6.07 Å². The lowest BCUT2D eigenvalue weighted by Crippen LogP contribution is -2.26. The van der Waals surface area contributed by atoms with Crippen molar-refractivity contribution in [3.63, 3.8) is 0 Å². The molecule has 0 amide bonds. The Morgan fingerprint density at radius 2 is 2.44 bits per heavy atom. The molecule has 0 aromatic heterocycles. The molecule has 0 N–H and O–H groups in total. The summed E-state index contributed by atoms with van der Waals surface area (Å²) in [4.78, 5) is 15.7. The van der Waals surface area contributed by atoms with Crippen molar-refractivity contribution in [2.45, 2.75) is 19.1 Å². The van der Waals surface area contributed by atoms with E-state index in [9.17, 15) is 4.79 Å². The molecule has 0 fully saturated rings. The van der Waals surface area contributed by atoms with Gasteiger partial charge in [0.05, 0.1) is 18.2 Å². The lowest BCUT2D eigenvalue weighted by Gasteiger charge is -2.16. The summed E-state index contributed by atoms with van der Waals surface area (Å²) in [6.45, 7) is 2.04. The van der Waals surface area contributed by atoms with Crippen LogP contribution in [0.15, 0.2) is 29.3 Å². The van der Waals surface area contributed by atoms with Gasteiger partial charge in [0.1, 0.15) is 0 Å². The van der Waals surface area contributed by atoms with E-state index in [1.54, 1.807) is 31.2 Å². The van der Waals surface area contributed by atoms with E-state index in [1.165, 1.54) is 6.40 Å². The minimum Gasteiger partial charge on any atom is -0.473 e. The van der Waals surface area contributed by atoms with Gasteiger partial charge < -0.3 is 9.47 Å². The summed E-state index contributed by atoms with van der Waals surface area (Å²) in [6.07, 6.45) is 0.739. The van der Waals surface area contributed by atoms with E-state index in [0.717, 1.165) is 5.56 Å². The predicted octanol–water partition coefficient (Wildman–Crippen LogP) is 1.59. The van der Waals surface area contributed by atoms with Gasteiger partial charge in [-0.1, -0.05) is 12.1 Å². The Morgan fingerprint density at radius 1 is 1.61 bits per heavy atom. The standard InChI is InChI=1S/C13H12N2O3/c1-2-17-13(16)11-12(18-8-15-11)10-5-3-4-9(6-10)7-14/h3-6,8,11-12H,2H2,1H3. The molecule has 1 heterocycles. The summed E-state index contributed by atoms with van der Waals surface area (Å²) in [5, 5.41) is 8.85. The van der Waals surface area contributed by atoms with Gasteiger partial charge in [-0.05, 0) is 24.6 Å². The van der Waals surface area contributed by atoms with Gasteiger partial charge in [-0.25, -0.2) is 9.79 Å². The highest BCUT2D eigenvalue weighted by atomic mass is 16.5. The number of benzene rings is 1. The molecular weight excluding hydrogens is 232 g/mol. The Morgan fingerprint density at radius 3 is 3.17 bits per heavy atom. The van der Waals surface area contributed by atoms with Gasteiger partial charge in [0.25, 0.3) is 0 Å². The molecule has 18 heavy (non-hydrogen) atoms. The molecule has 2 atom stereocenters. The van der Waals surface area contributed by atoms with Crippen molar-refractivity contribution in [1.29, 1.82) is 5.26 Å². The molecule has 1 aliphatic rings. The average molecular weight is 244 g/mol. The second-order valence-corrected chi connectivity index (χ2v) is 3.75. The number of rotatable bonds is 3. The first-order valence-electron chi connectivity index (χ1n) is 5.60. The zero-order valence-electron chi connectivity index (χ0n) is 9.87. The molecule has 2 unspecified atom stereocenters. The lowest BCUT2D eigenvalue weighted by molar-refractivity contribution is -0.146. The molecule has 1 aromatic carbocycles. The second kappa shape index (κ2) is 5.32. The van der Waals surface area contributed by atoms with Gasteiger partial charge in [-0.3, -0.25) is 0 Å². The normalized spacial score (nSPS) is 21.1.